The van der Waals surface area contributed by atoms with Crippen molar-refractivity contribution < 1.29 is 5.11 Å². The summed E-state index contributed by atoms with van der Waals surface area (Å²) in [5.41, 5.74) is 1.49. The number of hydrogen-bond donors (Lipinski definition) is 1. The zero-order chi connectivity index (χ0) is 13.1. The molecule has 0 heterocycles. The van der Waals surface area contributed by atoms with Crippen LogP contribution in [0.4, 0.5) is 0 Å². The first-order valence-corrected chi connectivity index (χ1v) is 6.58. The van der Waals surface area contributed by atoms with E-state index in [2.05, 4.69) is 0 Å². The Morgan fingerprint density at radius 1 is 0.889 bits per heavy atom. The van der Waals surface area contributed by atoms with E-state index in [0.717, 1.165) is 5.56 Å². The van der Waals surface area contributed by atoms with Crippen molar-refractivity contribution >= 4 is 34.8 Å². The Bertz CT molecular complexity index is 554. The highest BCUT2D eigenvalue weighted by atomic mass is 35.5. The van der Waals surface area contributed by atoms with Crippen molar-refractivity contribution in [3.63, 3.8) is 0 Å². The Morgan fingerprint density at radius 2 is 1.56 bits per heavy atom. The average molecular weight is 302 g/mol. The van der Waals surface area contributed by atoms with E-state index in [1.54, 1.807) is 18.2 Å². The van der Waals surface area contributed by atoms with E-state index in [4.69, 9.17) is 34.8 Å². The molecule has 1 atom stereocenters. The van der Waals surface area contributed by atoms with E-state index in [1.165, 1.54) is 0 Å². The molecule has 0 aromatic heterocycles. The quantitative estimate of drug-likeness (QED) is 0.853. The van der Waals surface area contributed by atoms with Crippen LogP contribution in [0.5, 0.6) is 0 Å². The van der Waals surface area contributed by atoms with Crippen LogP contribution in [-0.2, 0) is 6.42 Å². The maximum absolute atomic E-state index is 10.2. The minimum absolute atomic E-state index is 0.378. The second-order valence-corrected chi connectivity index (χ2v) is 5.15. The highest BCUT2D eigenvalue weighted by Gasteiger charge is 2.14. The van der Waals surface area contributed by atoms with Gasteiger partial charge < -0.3 is 5.11 Å². The van der Waals surface area contributed by atoms with Crippen molar-refractivity contribution in [1.29, 1.82) is 0 Å². The van der Waals surface area contributed by atoms with Crippen LogP contribution in [0.3, 0.4) is 0 Å². The van der Waals surface area contributed by atoms with Crippen LogP contribution >= 0.6 is 34.8 Å². The maximum Gasteiger partial charge on any atom is 0.0845 e. The number of hydrogen-bond acceptors (Lipinski definition) is 1. The van der Waals surface area contributed by atoms with E-state index in [1.807, 2.05) is 24.3 Å². The lowest BCUT2D eigenvalue weighted by atomic mass is 10.0. The van der Waals surface area contributed by atoms with Crippen LogP contribution in [0.1, 0.15) is 17.2 Å². The van der Waals surface area contributed by atoms with Crippen LogP contribution in [0.2, 0.25) is 15.1 Å². The lowest BCUT2D eigenvalue weighted by Gasteiger charge is -2.14. The topological polar surface area (TPSA) is 20.2 Å². The van der Waals surface area contributed by atoms with E-state index >= 15 is 0 Å². The number of halogens is 3. The minimum atomic E-state index is -0.699. The second-order valence-electron chi connectivity index (χ2n) is 3.95. The van der Waals surface area contributed by atoms with Crippen molar-refractivity contribution in [1.82, 2.24) is 0 Å². The Hall–Kier alpha value is -0.730. The molecule has 0 fully saturated rings. The van der Waals surface area contributed by atoms with Crippen LogP contribution in [0, 0.1) is 0 Å². The van der Waals surface area contributed by atoms with E-state index < -0.39 is 6.10 Å². The Kier molecular flexibility index (Phi) is 4.52. The van der Waals surface area contributed by atoms with Gasteiger partial charge in [0, 0.05) is 11.4 Å². The molecule has 2 aromatic rings. The first kappa shape index (κ1) is 13.7. The van der Waals surface area contributed by atoms with Gasteiger partial charge in [-0.25, -0.2) is 0 Å². The predicted molar refractivity (Wildman–Crippen MR) is 76.6 cm³/mol. The summed E-state index contributed by atoms with van der Waals surface area (Å²) in [5.74, 6) is 0. The summed E-state index contributed by atoms with van der Waals surface area (Å²) in [4.78, 5) is 0. The summed E-state index contributed by atoms with van der Waals surface area (Å²) < 4.78 is 0. The summed E-state index contributed by atoms with van der Waals surface area (Å²) >= 11 is 18.1. The Labute approximate surface area is 121 Å². The smallest absolute Gasteiger partial charge is 0.0845 e. The molecule has 94 valence electrons. The molecule has 1 N–H and O–H groups in total. The summed E-state index contributed by atoms with van der Waals surface area (Å²) in [6.45, 7) is 0. The minimum Gasteiger partial charge on any atom is -0.388 e. The molecule has 2 rings (SSSR count). The lowest BCUT2D eigenvalue weighted by molar-refractivity contribution is 0.178. The molecular formula is C14H11Cl3O. The average Bonchev–Trinajstić information content (AvgIpc) is 2.35. The zero-order valence-electron chi connectivity index (χ0n) is 9.41. The number of aliphatic hydroxyl groups is 1. The molecule has 1 unspecified atom stereocenters. The number of benzene rings is 2. The van der Waals surface area contributed by atoms with Gasteiger partial charge in [0.2, 0.25) is 0 Å². The van der Waals surface area contributed by atoms with Gasteiger partial charge in [0.1, 0.15) is 0 Å². The molecule has 4 heteroatoms. The fourth-order valence-electron chi connectivity index (χ4n) is 1.77. The molecule has 0 radical (unpaired) electrons. The summed E-state index contributed by atoms with van der Waals surface area (Å²) in [5, 5.41) is 11.7. The maximum atomic E-state index is 10.2. The molecule has 18 heavy (non-hydrogen) atoms. The van der Waals surface area contributed by atoms with Gasteiger partial charge in [0.15, 0.2) is 0 Å². The SMILES string of the molecule is OC(Cc1cccc(Cl)c1Cl)c1ccccc1Cl. The third-order valence-corrected chi connectivity index (χ3v) is 3.91. The number of aliphatic hydroxyl groups excluding tert-OH is 1. The highest BCUT2D eigenvalue weighted by molar-refractivity contribution is 6.42. The van der Waals surface area contributed by atoms with Gasteiger partial charge in [-0.1, -0.05) is 65.1 Å². The van der Waals surface area contributed by atoms with Gasteiger partial charge in [0.25, 0.3) is 0 Å². The van der Waals surface area contributed by atoms with Gasteiger partial charge in [-0.2, -0.15) is 0 Å². The van der Waals surface area contributed by atoms with Crippen LogP contribution in [0.25, 0.3) is 0 Å². The fraction of sp³-hybridized carbons (Fsp3) is 0.143. The fourth-order valence-corrected chi connectivity index (χ4v) is 2.43. The first-order valence-electron chi connectivity index (χ1n) is 5.45. The third-order valence-electron chi connectivity index (χ3n) is 2.71. The van der Waals surface area contributed by atoms with Crippen LogP contribution in [-0.4, -0.2) is 5.11 Å². The van der Waals surface area contributed by atoms with E-state index in [-0.39, 0.29) is 0 Å². The van der Waals surface area contributed by atoms with Crippen molar-refractivity contribution in [2.24, 2.45) is 0 Å². The summed E-state index contributed by atoms with van der Waals surface area (Å²) in [6.07, 6.45) is -0.321. The second kappa shape index (κ2) is 5.94. The van der Waals surface area contributed by atoms with Crippen molar-refractivity contribution in [2.45, 2.75) is 12.5 Å². The third kappa shape index (κ3) is 2.99. The Morgan fingerprint density at radius 3 is 2.28 bits per heavy atom. The number of rotatable bonds is 3. The van der Waals surface area contributed by atoms with Crippen molar-refractivity contribution in [2.75, 3.05) is 0 Å². The van der Waals surface area contributed by atoms with Crippen molar-refractivity contribution in [3.05, 3.63) is 68.7 Å². The standard InChI is InChI=1S/C14H11Cl3O/c15-11-6-2-1-5-10(11)13(18)8-9-4-3-7-12(16)14(9)17/h1-7,13,18H,8H2. The molecule has 2 aromatic carbocycles. The molecule has 0 aliphatic carbocycles. The van der Waals surface area contributed by atoms with E-state index in [9.17, 15) is 5.11 Å². The van der Waals surface area contributed by atoms with Gasteiger partial charge in [-0.3, -0.25) is 0 Å². The zero-order valence-corrected chi connectivity index (χ0v) is 11.7. The summed E-state index contributed by atoms with van der Waals surface area (Å²) in [6, 6.07) is 12.6. The monoisotopic (exact) mass is 300 g/mol. The normalized spacial score (nSPS) is 12.4. The molecule has 0 bridgehead atoms. The van der Waals surface area contributed by atoms with Crippen LogP contribution in [0.15, 0.2) is 42.5 Å². The predicted octanol–water partition coefficient (Wildman–Crippen LogP) is 4.92. The first-order chi connectivity index (χ1) is 8.59. The lowest BCUT2D eigenvalue weighted by Crippen LogP contribution is -2.03. The van der Waals surface area contributed by atoms with Crippen LogP contribution < -0.4 is 0 Å². The molecule has 1 nitrogen and oxygen atoms in total. The van der Waals surface area contributed by atoms with Crippen molar-refractivity contribution in [3.8, 4) is 0 Å². The van der Waals surface area contributed by atoms with E-state index in [0.29, 0.717) is 27.1 Å². The molecule has 0 saturated carbocycles. The van der Waals surface area contributed by atoms with Gasteiger partial charge in [0.05, 0.1) is 16.1 Å². The Balaban J connectivity index is 2.24. The molecular weight excluding hydrogens is 291 g/mol. The molecule has 0 amide bonds. The highest BCUT2D eigenvalue weighted by Crippen LogP contribution is 2.31. The molecule has 0 saturated heterocycles. The largest absolute Gasteiger partial charge is 0.388 e. The van der Waals surface area contributed by atoms with Gasteiger partial charge in [-0.15, -0.1) is 0 Å². The molecule has 0 aliphatic heterocycles. The van der Waals surface area contributed by atoms with Gasteiger partial charge >= 0.3 is 0 Å². The van der Waals surface area contributed by atoms with Gasteiger partial charge in [-0.05, 0) is 23.3 Å². The molecule has 0 aliphatic rings. The molecule has 0 spiro atoms. The summed E-state index contributed by atoms with van der Waals surface area (Å²) in [7, 11) is 0.